The number of carboxylic acids is 1. The lowest BCUT2D eigenvalue weighted by Crippen LogP contribution is -2.66. The zero-order valence-electron chi connectivity index (χ0n) is 23.4. The number of rotatable bonds is 16. The van der Waals surface area contributed by atoms with E-state index in [1.54, 1.807) is 0 Å². The largest absolute Gasteiger partial charge is 0.478 e. The van der Waals surface area contributed by atoms with Crippen molar-refractivity contribution in [2.24, 2.45) is 0 Å². The van der Waals surface area contributed by atoms with E-state index < -0.39 is 56.8 Å². The molecule has 0 amide bonds. The smallest absolute Gasteiger partial charge is 0.472 e. The van der Waals surface area contributed by atoms with Gasteiger partial charge in [-0.1, -0.05) is 6.58 Å². The average molecular weight is 571 g/mol. The first-order valence-electron chi connectivity index (χ1n) is 11.8. The van der Waals surface area contributed by atoms with E-state index in [0.29, 0.717) is 18.9 Å². The normalized spacial score (nSPS) is 14.5. The summed E-state index contributed by atoms with van der Waals surface area (Å²) in [5.74, 6) is -0.946. The molecule has 0 bridgehead atoms. The van der Waals surface area contributed by atoms with Gasteiger partial charge < -0.3 is 25.7 Å². The van der Waals surface area contributed by atoms with Gasteiger partial charge in [0.05, 0.1) is 0 Å². The molecule has 0 saturated carbocycles. The van der Waals surface area contributed by atoms with Crippen molar-refractivity contribution in [3.05, 3.63) is 12.2 Å². The van der Waals surface area contributed by atoms with Gasteiger partial charge in [0.25, 0.3) is 0 Å². The van der Waals surface area contributed by atoms with Gasteiger partial charge in [0, 0.05) is 18.2 Å². The van der Waals surface area contributed by atoms with Crippen LogP contribution in [0.3, 0.4) is 0 Å². The first kappa shape index (κ1) is 33.3. The molecule has 0 aliphatic heterocycles. The van der Waals surface area contributed by atoms with Gasteiger partial charge in [-0.05, 0) is 97.8 Å². The van der Waals surface area contributed by atoms with Gasteiger partial charge in [-0.3, -0.25) is 0 Å². The Kier molecular flexibility index (Phi) is 12.1. The van der Waals surface area contributed by atoms with Crippen molar-refractivity contribution in [2.45, 2.75) is 110 Å². The first-order chi connectivity index (χ1) is 14.4. The minimum absolute atomic E-state index is 0.226. The van der Waals surface area contributed by atoms with Gasteiger partial charge in [0.1, 0.15) is 0 Å². The Bertz CT molecular complexity index is 628. The lowest BCUT2D eigenvalue weighted by atomic mass is 10.1. The van der Waals surface area contributed by atoms with Crippen LogP contribution in [0.4, 0.5) is 0 Å². The van der Waals surface area contributed by atoms with Crippen LogP contribution in [-0.2, 0) is 25.4 Å². The highest BCUT2D eigenvalue weighted by Gasteiger charge is 2.56. The number of aliphatic carboxylic acids is 1. The van der Waals surface area contributed by atoms with Crippen LogP contribution in [0, 0.1) is 0 Å². The average Bonchev–Trinajstić information content (AvgIpc) is 2.42. The number of unbranched alkanes of at least 4 members (excludes halogenated alkanes) is 1. The van der Waals surface area contributed by atoms with Crippen LogP contribution in [0.2, 0.25) is 91.2 Å². The molecule has 0 aromatic heterocycles. The van der Waals surface area contributed by atoms with E-state index in [-0.39, 0.29) is 5.57 Å². The fraction of sp³-hybridized carbons (Fsp3) is 0.850. The highest BCUT2D eigenvalue weighted by atomic mass is 28.5. The molecule has 0 fully saturated rings. The van der Waals surface area contributed by atoms with Crippen molar-refractivity contribution in [2.75, 3.05) is 0 Å². The molecular formula is C20H50O7Si6. The zero-order valence-corrected chi connectivity index (χ0v) is 29.4. The first-order valence-corrected chi connectivity index (χ1v) is 29.6. The number of hydrogen-bond donors (Lipinski definition) is 1. The van der Waals surface area contributed by atoms with Crippen LogP contribution in [0.1, 0.15) is 19.3 Å². The summed E-state index contributed by atoms with van der Waals surface area (Å²) in [4.78, 5) is 11.1. The predicted octanol–water partition coefficient (Wildman–Crippen LogP) is 6.73. The Morgan fingerprint density at radius 1 is 0.636 bits per heavy atom. The molecule has 0 heterocycles. The van der Waals surface area contributed by atoms with E-state index in [1.165, 1.54) is 0 Å². The van der Waals surface area contributed by atoms with E-state index in [9.17, 15) is 4.79 Å². The molecule has 0 aromatic rings. The second-order valence-electron chi connectivity index (χ2n) is 12.6. The summed E-state index contributed by atoms with van der Waals surface area (Å²) < 4.78 is 33.9. The highest BCUT2D eigenvalue weighted by Crippen LogP contribution is 2.33. The molecule has 0 aliphatic rings. The van der Waals surface area contributed by atoms with Gasteiger partial charge >= 0.3 is 23.6 Å². The van der Waals surface area contributed by atoms with Crippen LogP contribution in [0.15, 0.2) is 12.2 Å². The Balaban J connectivity index is 6.21. The number of hydrogen-bond acceptors (Lipinski definition) is 6. The van der Waals surface area contributed by atoms with Crippen molar-refractivity contribution < 1.29 is 30.5 Å². The van der Waals surface area contributed by atoms with Crippen LogP contribution >= 0.6 is 0 Å². The quantitative estimate of drug-likeness (QED) is 0.125. The summed E-state index contributed by atoms with van der Waals surface area (Å²) in [7, 11) is -14.4. The summed E-state index contributed by atoms with van der Waals surface area (Å²) >= 11 is 0. The van der Waals surface area contributed by atoms with E-state index in [4.69, 9.17) is 25.7 Å². The molecule has 0 rings (SSSR count). The van der Waals surface area contributed by atoms with Crippen molar-refractivity contribution >= 4 is 56.8 Å². The standard InChI is InChI=1S/C20H50O7Si6/c1-19(20(21)22)17-15-16-18-33(25-30(8,9)10,26-31(11,12)13)27-32(14,23-28(2,3)4)24-29(5,6)7/h1,15-18H2,2-14H3,(H,21,22). The lowest BCUT2D eigenvalue weighted by molar-refractivity contribution is -0.132. The molecule has 0 aliphatic carbocycles. The van der Waals surface area contributed by atoms with Crippen molar-refractivity contribution in [1.29, 1.82) is 0 Å². The SMILES string of the molecule is C=C(CCCC[Si](O[Si](C)(C)C)(O[Si](C)(C)C)O[Si](C)(O[Si](C)(C)C)O[Si](C)(C)C)C(=O)O. The van der Waals surface area contributed by atoms with E-state index in [2.05, 4.69) is 85.1 Å². The lowest BCUT2D eigenvalue weighted by Gasteiger charge is -2.46. The molecule has 0 unspecified atom stereocenters. The van der Waals surface area contributed by atoms with E-state index >= 15 is 0 Å². The van der Waals surface area contributed by atoms with Gasteiger partial charge in [0.15, 0.2) is 33.3 Å². The van der Waals surface area contributed by atoms with Crippen LogP contribution < -0.4 is 0 Å². The summed E-state index contributed by atoms with van der Waals surface area (Å²) in [6.45, 7) is 31.4. The monoisotopic (exact) mass is 570 g/mol. The molecule has 0 atom stereocenters. The third-order valence-electron chi connectivity index (χ3n) is 3.76. The van der Waals surface area contributed by atoms with Gasteiger partial charge in [-0.15, -0.1) is 0 Å². The van der Waals surface area contributed by atoms with E-state index in [0.717, 1.165) is 6.42 Å². The summed E-state index contributed by atoms with van der Waals surface area (Å²) in [5, 5.41) is 9.14. The van der Waals surface area contributed by atoms with Crippen LogP contribution in [0.25, 0.3) is 0 Å². The van der Waals surface area contributed by atoms with Crippen LogP contribution in [-0.4, -0.2) is 62.0 Å². The summed E-state index contributed by atoms with van der Waals surface area (Å²) in [6, 6.07) is 0.612. The highest BCUT2D eigenvalue weighted by molar-refractivity contribution is 6.92. The Hall–Kier alpha value is 0.311. The molecule has 1 N–H and O–H groups in total. The second-order valence-corrected chi connectivity index (χ2v) is 37.2. The minimum Gasteiger partial charge on any atom is -0.478 e. The maximum atomic E-state index is 11.1. The van der Waals surface area contributed by atoms with Gasteiger partial charge in [-0.2, -0.15) is 0 Å². The fourth-order valence-corrected chi connectivity index (χ4v) is 27.2. The number of carbonyl (C=O) groups is 1. The molecule has 0 saturated heterocycles. The topological polar surface area (TPSA) is 83.5 Å². The van der Waals surface area contributed by atoms with E-state index in [1.807, 2.05) is 6.55 Å². The molecule has 0 radical (unpaired) electrons. The maximum Gasteiger partial charge on any atom is 0.472 e. The second kappa shape index (κ2) is 12.0. The van der Waals surface area contributed by atoms with Gasteiger partial charge in [0.2, 0.25) is 0 Å². The number of carboxylic acid groups (broad SMARTS) is 1. The van der Waals surface area contributed by atoms with Crippen LogP contribution in [0.5, 0.6) is 0 Å². The summed E-state index contributed by atoms with van der Waals surface area (Å²) in [5.41, 5.74) is 0.226. The Morgan fingerprint density at radius 2 is 1.00 bits per heavy atom. The maximum absolute atomic E-state index is 11.1. The molecule has 13 heteroatoms. The van der Waals surface area contributed by atoms with Gasteiger partial charge in [-0.25, -0.2) is 4.79 Å². The minimum atomic E-state index is -3.20. The Labute approximate surface area is 209 Å². The molecular weight excluding hydrogens is 521 g/mol. The fourth-order valence-electron chi connectivity index (χ4n) is 3.39. The predicted molar refractivity (Wildman–Crippen MR) is 152 cm³/mol. The summed E-state index contributed by atoms with van der Waals surface area (Å²) in [6.07, 6.45) is 1.86. The third-order valence-corrected chi connectivity index (χ3v) is 22.7. The third kappa shape index (κ3) is 16.6. The molecule has 0 spiro atoms. The molecule has 7 nitrogen and oxygen atoms in total. The van der Waals surface area contributed by atoms with Crippen molar-refractivity contribution in [3.8, 4) is 0 Å². The molecule has 196 valence electrons. The zero-order chi connectivity index (χ0) is 26.5. The Morgan fingerprint density at radius 3 is 1.30 bits per heavy atom. The molecule has 33 heavy (non-hydrogen) atoms. The van der Waals surface area contributed by atoms with Crippen molar-refractivity contribution in [3.63, 3.8) is 0 Å². The van der Waals surface area contributed by atoms with Crippen molar-refractivity contribution in [1.82, 2.24) is 0 Å². The molecule has 0 aromatic carbocycles.